The van der Waals surface area contributed by atoms with Crippen LogP contribution >= 0.6 is 11.6 Å². The Morgan fingerprint density at radius 2 is 1.57 bits per heavy atom. The first-order valence-corrected chi connectivity index (χ1v) is 14.7. The molecule has 0 fully saturated rings. The van der Waals surface area contributed by atoms with Gasteiger partial charge in [0.05, 0.1) is 21.2 Å². The summed E-state index contributed by atoms with van der Waals surface area (Å²) in [7, 11) is -4.58. The van der Waals surface area contributed by atoms with Crippen LogP contribution in [0.25, 0.3) is 0 Å². The molecule has 0 radical (unpaired) electrons. The van der Waals surface area contributed by atoms with E-state index < -0.39 is 62.7 Å². The Hall–Kier alpha value is -3.64. The predicted molar refractivity (Wildman–Crippen MR) is 152 cm³/mol. The van der Waals surface area contributed by atoms with Crippen LogP contribution in [0.5, 0.6) is 0 Å². The Labute approximate surface area is 247 Å². The Morgan fingerprint density at radius 3 is 2.14 bits per heavy atom. The van der Waals surface area contributed by atoms with Crippen LogP contribution in [-0.4, -0.2) is 44.3 Å². The lowest BCUT2D eigenvalue weighted by Crippen LogP contribution is -2.51. The molecule has 42 heavy (non-hydrogen) atoms. The second-order valence-electron chi connectivity index (χ2n) is 9.95. The molecular weight excluding hydrogens is 598 g/mol. The fourth-order valence-corrected chi connectivity index (χ4v) is 5.61. The molecule has 3 rings (SSSR count). The Morgan fingerprint density at radius 1 is 0.952 bits per heavy atom. The molecule has 0 saturated carbocycles. The van der Waals surface area contributed by atoms with E-state index in [1.54, 1.807) is 6.07 Å². The van der Waals surface area contributed by atoms with Gasteiger partial charge < -0.3 is 10.2 Å². The van der Waals surface area contributed by atoms with Crippen LogP contribution in [0.4, 0.5) is 23.2 Å². The van der Waals surface area contributed by atoms with Crippen molar-refractivity contribution in [3.8, 4) is 0 Å². The molecule has 3 aromatic carbocycles. The van der Waals surface area contributed by atoms with Crippen LogP contribution in [-0.2, 0) is 32.3 Å². The van der Waals surface area contributed by atoms with E-state index >= 15 is 0 Å². The molecule has 0 aromatic heterocycles. The van der Waals surface area contributed by atoms with E-state index in [1.807, 2.05) is 13.8 Å². The van der Waals surface area contributed by atoms with Crippen LogP contribution in [0.2, 0.25) is 5.02 Å². The predicted octanol–water partition coefficient (Wildman–Crippen LogP) is 5.88. The third kappa shape index (κ3) is 8.22. The zero-order valence-electron chi connectivity index (χ0n) is 23.0. The van der Waals surface area contributed by atoms with Gasteiger partial charge in [0, 0.05) is 13.1 Å². The van der Waals surface area contributed by atoms with Crippen molar-refractivity contribution in [2.75, 3.05) is 17.4 Å². The zero-order chi connectivity index (χ0) is 31.2. The van der Waals surface area contributed by atoms with E-state index in [1.165, 1.54) is 55.5 Å². The average molecular weight is 628 g/mol. The highest BCUT2D eigenvalue weighted by Crippen LogP contribution is 2.38. The van der Waals surface area contributed by atoms with Crippen molar-refractivity contribution in [3.05, 3.63) is 94.8 Å². The summed E-state index contributed by atoms with van der Waals surface area (Å²) in [5, 5.41) is 2.07. The van der Waals surface area contributed by atoms with Gasteiger partial charge >= 0.3 is 6.18 Å². The fourth-order valence-electron chi connectivity index (χ4n) is 3.96. The lowest BCUT2D eigenvalue weighted by molar-refractivity contribution is -0.139. The van der Waals surface area contributed by atoms with E-state index in [0.717, 1.165) is 17.0 Å². The number of anilines is 1. The molecule has 13 heteroatoms. The molecule has 0 aliphatic rings. The second-order valence-corrected chi connectivity index (χ2v) is 12.2. The molecule has 1 N–H and O–H groups in total. The zero-order valence-corrected chi connectivity index (χ0v) is 24.6. The Bertz CT molecular complexity index is 1500. The van der Waals surface area contributed by atoms with Crippen molar-refractivity contribution >= 4 is 39.1 Å². The first kappa shape index (κ1) is 32.9. The molecule has 0 aliphatic heterocycles. The maximum atomic E-state index is 13.8. The summed E-state index contributed by atoms with van der Waals surface area (Å²) in [6.07, 6.45) is -4.91. The molecule has 0 bridgehead atoms. The molecular formula is C29H30ClF4N3O4S. The average Bonchev–Trinajstić information content (AvgIpc) is 2.94. The van der Waals surface area contributed by atoms with Gasteiger partial charge in [0.2, 0.25) is 11.8 Å². The number of amides is 2. The van der Waals surface area contributed by atoms with Crippen molar-refractivity contribution in [1.29, 1.82) is 0 Å². The van der Waals surface area contributed by atoms with Gasteiger partial charge in [-0.1, -0.05) is 55.8 Å². The van der Waals surface area contributed by atoms with E-state index in [9.17, 15) is 35.6 Å². The largest absolute Gasteiger partial charge is 0.417 e. The van der Waals surface area contributed by atoms with Crippen molar-refractivity contribution in [3.63, 3.8) is 0 Å². The van der Waals surface area contributed by atoms with E-state index in [0.29, 0.717) is 22.5 Å². The van der Waals surface area contributed by atoms with E-state index in [-0.39, 0.29) is 17.4 Å². The summed E-state index contributed by atoms with van der Waals surface area (Å²) < 4.78 is 82.6. The van der Waals surface area contributed by atoms with Gasteiger partial charge in [-0.05, 0) is 60.9 Å². The highest BCUT2D eigenvalue weighted by atomic mass is 35.5. The van der Waals surface area contributed by atoms with Crippen LogP contribution in [0, 0.1) is 11.7 Å². The normalized spacial score (nSPS) is 12.6. The standard InChI is InChI=1S/C29H30ClF4N3O4S/c1-19(2)16-35-28(39)20(3)36(17-21-9-11-22(31)12-10-21)27(38)18-37(42(40,41)24-7-5-4-6-8-24)23-13-14-26(30)25(15-23)29(32,33)34/h4-15,19-20H,16-18H2,1-3H3,(H,35,39)/t20-/m0/s1. The number of hydrogen-bond acceptors (Lipinski definition) is 4. The number of benzene rings is 3. The van der Waals surface area contributed by atoms with Gasteiger partial charge in [-0.3, -0.25) is 13.9 Å². The molecule has 7 nitrogen and oxygen atoms in total. The van der Waals surface area contributed by atoms with E-state index in [4.69, 9.17) is 11.6 Å². The Kier molecular flexibility index (Phi) is 10.6. The number of hydrogen-bond donors (Lipinski definition) is 1. The minimum absolute atomic E-state index is 0.0987. The molecule has 0 unspecified atom stereocenters. The van der Waals surface area contributed by atoms with Gasteiger partial charge in [0.15, 0.2) is 0 Å². The highest BCUT2D eigenvalue weighted by Gasteiger charge is 2.37. The molecule has 1 atom stereocenters. The van der Waals surface area contributed by atoms with Crippen LogP contribution in [0.1, 0.15) is 31.9 Å². The Balaban J connectivity index is 2.08. The number of sulfonamides is 1. The molecule has 0 saturated heterocycles. The van der Waals surface area contributed by atoms with Gasteiger partial charge in [-0.25, -0.2) is 12.8 Å². The second kappa shape index (κ2) is 13.6. The lowest BCUT2D eigenvalue weighted by Gasteiger charge is -2.32. The quantitative estimate of drug-likeness (QED) is 0.269. The first-order chi connectivity index (χ1) is 19.6. The summed E-state index contributed by atoms with van der Waals surface area (Å²) >= 11 is 5.77. The minimum atomic E-state index is -4.91. The van der Waals surface area contributed by atoms with Crippen LogP contribution in [0.15, 0.2) is 77.7 Å². The van der Waals surface area contributed by atoms with Crippen molar-refractivity contribution in [2.45, 2.75) is 44.4 Å². The molecule has 3 aromatic rings. The van der Waals surface area contributed by atoms with Gasteiger partial charge in [0.1, 0.15) is 18.4 Å². The first-order valence-electron chi connectivity index (χ1n) is 12.9. The topological polar surface area (TPSA) is 86.8 Å². The monoisotopic (exact) mass is 627 g/mol. The van der Waals surface area contributed by atoms with Crippen LogP contribution < -0.4 is 9.62 Å². The number of alkyl halides is 3. The smallest absolute Gasteiger partial charge is 0.354 e. The SMILES string of the molecule is CC(C)CNC(=O)[C@H](C)N(Cc1ccc(F)cc1)C(=O)CN(c1ccc(Cl)c(C(F)(F)F)c1)S(=O)(=O)c1ccccc1. The summed E-state index contributed by atoms with van der Waals surface area (Å²) in [5.41, 5.74) is -1.30. The summed E-state index contributed by atoms with van der Waals surface area (Å²) in [6.45, 7) is 4.35. The van der Waals surface area contributed by atoms with Crippen molar-refractivity contribution in [1.82, 2.24) is 10.2 Å². The molecule has 2 amide bonds. The maximum absolute atomic E-state index is 13.8. The highest BCUT2D eigenvalue weighted by molar-refractivity contribution is 7.92. The van der Waals surface area contributed by atoms with Crippen molar-refractivity contribution in [2.24, 2.45) is 5.92 Å². The van der Waals surface area contributed by atoms with Gasteiger partial charge in [-0.15, -0.1) is 0 Å². The molecule has 0 heterocycles. The number of carbonyl (C=O) groups excluding carboxylic acids is 2. The number of rotatable bonds is 11. The number of nitrogens with one attached hydrogen (secondary N) is 1. The third-order valence-electron chi connectivity index (χ3n) is 6.27. The van der Waals surface area contributed by atoms with Gasteiger partial charge in [-0.2, -0.15) is 13.2 Å². The third-order valence-corrected chi connectivity index (χ3v) is 8.39. The number of halogens is 5. The molecule has 0 spiro atoms. The molecule has 226 valence electrons. The number of carbonyl (C=O) groups is 2. The van der Waals surface area contributed by atoms with E-state index in [2.05, 4.69) is 5.32 Å². The van der Waals surface area contributed by atoms with Gasteiger partial charge in [0.25, 0.3) is 10.0 Å². The summed E-state index contributed by atoms with van der Waals surface area (Å²) in [4.78, 5) is 27.6. The molecule has 0 aliphatic carbocycles. The summed E-state index contributed by atoms with van der Waals surface area (Å²) in [6, 6.07) is 13.4. The maximum Gasteiger partial charge on any atom is 0.417 e. The van der Waals surface area contributed by atoms with Crippen molar-refractivity contribution < 1.29 is 35.6 Å². The number of nitrogens with zero attached hydrogens (tertiary/aromatic N) is 2. The fraction of sp³-hybridized carbons (Fsp3) is 0.310. The van der Waals surface area contributed by atoms with Crippen LogP contribution in [0.3, 0.4) is 0 Å². The summed E-state index contributed by atoms with van der Waals surface area (Å²) in [5.74, 6) is -1.83. The lowest BCUT2D eigenvalue weighted by atomic mass is 10.1. The minimum Gasteiger partial charge on any atom is -0.354 e.